The number of nitrogens with zero attached hydrogens (tertiary/aromatic N) is 2. The summed E-state index contributed by atoms with van der Waals surface area (Å²) < 4.78 is 0. The van der Waals surface area contributed by atoms with E-state index >= 15 is 0 Å². The molecule has 1 saturated carbocycles. The molecule has 2 aliphatic rings. The van der Waals surface area contributed by atoms with Gasteiger partial charge in [-0.25, -0.2) is 0 Å². The van der Waals surface area contributed by atoms with E-state index in [-0.39, 0.29) is 5.91 Å². The molecule has 4 heteroatoms. The summed E-state index contributed by atoms with van der Waals surface area (Å²) in [7, 11) is 2.20. The van der Waals surface area contributed by atoms with Crippen molar-refractivity contribution in [2.24, 2.45) is 5.92 Å². The van der Waals surface area contributed by atoms with Gasteiger partial charge >= 0.3 is 0 Å². The molecular weight excluding hydrogens is 274 g/mol. The minimum absolute atomic E-state index is 0.262. The summed E-state index contributed by atoms with van der Waals surface area (Å²) >= 11 is 0. The molecule has 2 fully saturated rings. The van der Waals surface area contributed by atoms with Crippen molar-refractivity contribution in [3.8, 4) is 0 Å². The molecule has 0 aromatic heterocycles. The molecule has 4 nitrogen and oxygen atoms in total. The third-order valence-corrected chi connectivity index (χ3v) is 4.75. The lowest BCUT2D eigenvalue weighted by molar-refractivity contribution is -0.122. The second-order valence-electron chi connectivity index (χ2n) is 6.64. The Morgan fingerprint density at radius 3 is 2.73 bits per heavy atom. The molecule has 3 rings (SSSR count). The fraction of sp³-hybridized carbons (Fsp3) is 0.611. The van der Waals surface area contributed by atoms with Crippen LogP contribution in [0.15, 0.2) is 30.3 Å². The first-order valence-corrected chi connectivity index (χ1v) is 8.49. The van der Waals surface area contributed by atoms with Gasteiger partial charge in [0.05, 0.1) is 0 Å². The predicted octanol–water partition coefficient (Wildman–Crippen LogP) is 1.89. The maximum absolute atomic E-state index is 11.7. The minimum Gasteiger partial charge on any atom is -0.356 e. The largest absolute Gasteiger partial charge is 0.356 e. The van der Waals surface area contributed by atoms with E-state index in [0.717, 1.165) is 52.0 Å². The molecule has 1 atom stereocenters. The van der Waals surface area contributed by atoms with Crippen molar-refractivity contribution in [2.75, 3.05) is 39.8 Å². The van der Waals surface area contributed by atoms with Crippen LogP contribution in [0.25, 0.3) is 0 Å². The summed E-state index contributed by atoms with van der Waals surface area (Å²) in [6.45, 7) is 5.17. The summed E-state index contributed by atoms with van der Waals surface area (Å²) in [5.74, 6) is 0.582. The van der Waals surface area contributed by atoms with Gasteiger partial charge in [-0.05, 0) is 31.9 Å². The molecule has 1 aromatic carbocycles. The van der Waals surface area contributed by atoms with Crippen LogP contribution in [-0.2, 0) is 4.79 Å². The number of likely N-dealkylation sites (N-methyl/N-ethyl adjacent to an activating group) is 1. The van der Waals surface area contributed by atoms with Crippen LogP contribution in [0.5, 0.6) is 0 Å². The van der Waals surface area contributed by atoms with Crippen molar-refractivity contribution in [1.82, 2.24) is 15.1 Å². The summed E-state index contributed by atoms with van der Waals surface area (Å²) in [5.41, 5.74) is 1.40. The lowest BCUT2D eigenvalue weighted by Gasteiger charge is -2.40. The smallest absolute Gasteiger partial charge is 0.223 e. The van der Waals surface area contributed by atoms with Gasteiger partial charge in [-0.15, -0.1) is 0 Å². The fourth-order valence-corrected chi connectivity index (χ4v) is 3.20. The molecule has 0 spiro atoms. The zero-order chi connectivity index (χ0) is 15.4. The maximum Gasteiger partial charge on any atom is 0.223 e. The van der Waals surface area contributed by atoms with Gasteiger partial charge in [0.1, 0.15) is 0 Å². The Kier molecular flexibility index (Phi) is 5.11. The number of carbonyl (C=O) groups excluding carboxylic acids is 1. The number of piperazine rings is 1. The van der Waals surface area contributed by atoms with E-state index < -0.39 is 0 Å². The highest BCUT2D eigenvalue weighted by Crippen LogP contribution is 2.28. The Morgan fingerprint density at radius 1 is 1.23 bits per heavy atom. The van der Waals surface area contributed by atoms with Crippen LogP contribution in [0.1, 0.15) is 30.9 Å². The number of amides is 1. The third-order valence-electron chi connectivity index (χ3n) is 4.75. The van der Waals surface area contributed by atoms with Gasteiger partial charge in [-0.1, -0.05) is 30.3 Å². The average Bonchev–Trinajstić information content (AvgIpc) is 3.38. The van der Waals surface area contributed by atoms with Gasteiger partial charge in [-0.3, -0.25) is 9.69 Å². The zero-order valence-corrected chi connectivity index (χ0v) is 13.5. The SMILES string of the molecule is CN1CCN(CCCNC(=O)C2CC2)[C@H](c2ccccc2)C1. The van der Waals surface area contributed by atoms with E-state index in [1.165, 1.54) is 5.56 Å². The summed E-state index contributed by atoms with van der Waals surface area (Å²) in [6.07, 6.45) is 3.20. The van der Waals surface area contributed by atoms with Gasteiger partial charge in [-0.2, -0.15) is 0 Å². The van der Waals surface area contributed by atoms with Crippen molar-refractivity contribution in [1.29, 1.82) is 0 Å². The Labute approximate surface area is 133 Å². The highest BCUT2D eigenvalue weighted by Gasteiger charge is 2.29. The Bertz CT molecular complexity index is 486. The van der Waals surface area contributed by atoms with Crippen LogP contribution < -0.4 is 5.32 Å². The molecule has 22 heavy (non-hydrogen) atoms. The number of hydrogen-bond acceptors (Lipinski definition) is 3. The van der Waals surface area contributed by atoms with Crippen LogP contribution in [0.2, 0.25) is 0 Å². The van der Waals surface area contributed by atoms with Gasteiger partial charge in [0.15, 0.2) is 0 Å². The lowest BCUT2D eigenvalue weighted by atomic mass is 10.0. The summed E-state index contributed by atoms with van der Waals surface area (Å²) in [6, 6.07) is 11.3. The molecule has 0 unspecified atom stereocenters. The van der Waals surface area contributed by atoms with Gasteiger partial charge in [0, 0.05) is 44.7 Å². The second-order valence-corrected chi connectivity index (χ2v) is 6.64. The molecule has 1 saturated heterocycles. The van der Waals surface area contributed by atoms with E-state index in [1.54, 1.807) is 0 Å². The van der Waals surface area contributed by atoms with Gasteiger partial charge in [0.2, 0.25) is 5.91 Å². The van der Waals surface area contributed by atoms with Crippen LogP contribution >= 0.6 is 0 Å². The van der Waals surface area contributed by atoms with E-state index in [2.05, 4.69) is 52.5 Å². The number of hydrogen-bond donors (Lipinski definition) is 1. The highest BCUT2D eigenvalue weighted by molar-refractivity contribution is 5.80. The topological polar surface area (TPSA) is 35.6 Å². The quantitative estimate of drug-likeness (QED) is 0.815. The molecular formula is C18H27N3O. The zero-order valence-electron chi connectivity index (χ0n) is 13.5. The number of carbonyl (C=O) groups is 1. The van der Waals surface area contributed by atoms with Crippen LogP contribution in [0.4, 0.5) is 0 Å². The van der Waals surface area contributed by atoms with Crippen molar-refractivity contribution < 1.29 is 4.79 Å². The maximum atomic E-state index is 11.7. The average molecular weight is 301 g/mol. The van der Waals surface area contributed by atoms with Gasteiger partial charge < -0.3 is 10.2 Å². The van der Waals surface area contributed by atoms with Crippen molar-refractivity contribution in [2.45, 2.75) is 25.3 Å². The predicted molar refractivity (Wildman–Crippen MR) is 88.6 cm³/mol. The van der Waals surface area contributed by atoms with Crippen molar-refractivity contribution in [3.63, 3.8) is 0 Å². The molecule has 1 amide bonds. The molecule has 0 radical (unpaired) electrons. The van der Waals surface area contributed by atoms with E-state index in [4.69, 9.17) is 0 Å². The highest BCUT2D eigenvalue weighted by atomic mass is 16.2. The van der Waals surface area contributed by atoms with Crippen LogP contribution in [0.3, 0.4) is 0 Å². The Morgan fingerprint density at radius 2 is 2.00 bits per heavy atom. The van der Waals surface area contributed by atoms with Crippen LogP contribution in [0, 0.1) is 5.92 Å². The number of nitrogens with one attached hydrogen (secondary N) is 1. The molecule has 1 heterocycles. The first kappa shape index (κ1) is 15.5. The molecule has 1 N–H and O–H groups in total. The third kappa shape index (κ3) is 4.08. The molecule has 1 aliphatic carbocycles. The first-order valence-electron chi connectivity index (χ1n) is 8.49. The Balaban J connectivity index is 1.50. The Hall–Kier alpha value is -1.39. The number of benzene rings is 1. The summed E-state index contributed by atoms with van der Waals surface area (Å²) in [5, 5.41) is 3.07. The van der Waals surface area contributed by atoms with Crippen molar-refractivity contribution in [3.05, 3.63) is 35.9 Å². The van der Waals surface area contributed by atoms with E-state index in [0.29, 0.717) is 12.0 Å². The lowest BCUT2D eigenvalue weighted by Crippen LogP contribution is -2.47. The number of rotatable bonds is 6. The molecule has 120 valence electrons. The molecule has 1 aliphatic heterocycles. The fourth-order valence-electron chi connectivity index (χ4n) is 3.20. The second kappa shape index (κ2) is 7.25. The first-order chi connectivity index (χ1) is 10.7. The molecule has 0 bridgehead atoms. The summed E-state index contributed by atoms with van der Waals surface area (Å²) in [4.78, 5) is 16.6. The van der Waals surface area contributed by atoms with E-state index in [1.807, 2.05) is 0 Å². The van der Waals surface area contributed by atoms with Crippen LogP contribution in [-0.4, -0.2) is 55.5 Å². The monoisotopic (exact) mass is 301 g/mol. The van der Waals surface area contributed by atoms with Crippen molar-refractivity contribution >= 4 is 5.91 Å². The minimum atomic E-state index is 0.262. The molecule has 1 aromatic rings. The van der Waals surface area contributed by atoms with Gasteiger partial charge in [0.25, 0.3) is 0 Å². The standard InChI is InChI=1S/C18H27N3O/c1-20-12-13-21(11-5-10-19-18(22)16-8-9-16)17(14-20)15-6-3-2-4-7-15/h2-4,6-7,16-17H,5,8-14H2,1H3,(H,19,22)/t17-/m0/s1. The normalized spacial score (nSPS) is 23.4. The van der Waals surface area contributed by atoms with E-state index in [9.17, 15) is 4.79 Å².